The van der Waals surface area contributed by atoms with E-state index < -0.39 is 17.3 Å². The second-order valence-electron chi connectivity index (χ2n) is 11.5. The lowest BCUT2D eigenvalue weighted by Crippen LogP contribution is -2.51. The summed E-state index contributed by atoms with van der Waals surface area (Å²) in [6.45, 7) is 4.03. The van der Waals surface area contributed by atoms with Crippen LogP contribution in [0.1, 0.15) is 37.8 Å². The molecule has 2 aromatic carbocycles. The Morgan fingerprint density at radius 1 is 1.14 bits per heavy atom. The standard InChI is InChI=1S/C31H37ClFN5O5/c1-31(2,43)19-35(3)29(41)24(23-8-6-9-25(33)28(23)32)17-36(20-39)18-27(40)37-14-12-22(13-15-37)38-16-11-21-7-4-5-10-26(21)34-30(38)42/h4-10,17,20,22,43H,11-16,18-19H2,1-3H3,(H,34,42)/b24-17-. The second-order valence-corrected chi connectivity index (χ2v) is 11.9. The predicted octanol–water partition coefficient (Wildman–Crippen LogP) is 3.59. The van der Waals surface area contributed by atoms with E-state index in [1.807, 2.05) is 29.2 Å². The number of rotatable bonds is 9. The van der Waals surface area contributed by atoms with Gasteiger partial charge in [-0.3, -0.25) is 14.4 Å². The third-order valence-corrected chi connectivity index (χ3v) is 7.98. The van der Waals surface area contributed by atoms with Gasteiger partial charge in [-0.15, -0.1) is 0 Å². The molecule has 230 valence electrons. The highest BCUT2D eigenvalue weighted by Crippen LogP contribution is 2.29. The first-order valence-corrected chi connectivity index (χ1v) is 14.5. The maximum atomic E-state index is 14.3. The van der Waals surface area contributed by atoms with Gasteiger partial charge in [0, 0.05) is 56.7 Å². The van der Waals surface area contributed by atoms with Crippen LogP contribution < -0.4 is 5.32 Å². The molecule has 0 spiro atoms. The number of carbonyl (C=O) groups excluding carboxylic acids is 4. The van der Waals surface area contributed by atoms with Crippen LogP contribution in [-0.2, 0) is 20.8 Å². The number of likely N-dealkylation sites (N-methyl/N-ethyl adjacent to an activating group) is 1. The van der Waals surface area contributed by atoms with Gasteiger partial charge in [0.2, 0.25) is 12.3 Å². The fourth-order valence-corrected chi connectivity index (χ4v) is 5.74. The Balaban J connectivity index is 1.45. The first-order valence-electron chi connectivity index (χ1n) is 14.2. The lowest BCUT2D eigenvalue weighted by Gasteiger charge is -2.38. The molecule has 2 N–H and O–H groups in total. The molecule has 10 nitrogen and oxygen atoms in total. The summed E-state index contributed by atoms with van der Waals surface area (Å²) in [5.41, 5.74) is 0.617. The number of para-hydroxylation sites is 1. The van der Waals surface area contributed by atoms with Crippen molar-refractivity contribution in [2.45, 2.75) is 44.8 Å². The molecule has 0 bridgehead atoms. The van der Waals surface area contributed by atoms with Gasteiger partial charge >= 0.3 is 6.03 Å². The number of anilines is 1. The molecule has 0 saturated carbocycles. The topological polar surface area (TPSA) is 114 Å². The first kappa shape index (κ1) is 32.0. The normalized spacial score (nSPS) is 16.2. The summed E-state index contributed by atoms with van der Waals surface area (Å²) in [6, 6.07) is 11.5. The zero-order chi connectivity index (χ0) is 31.3. The molecule has 2 heterocycles. The Labute approximate surface area is 255 Å². The maximum Gasteiger partial charge on any atom is 0.322 e. The van der Waals surface area contributed by atoms with Gasteiger partial charge in [0.15, 0.2) is 0 Å². The highest BCUT2D eigenvalue weighted by Gasteiger charge is 2.32. The van der Waals surface area contributed by atoms with Crippen LogP contribution >= 0.6 is 11.6 Å². The number of piperidine rings is 1. The minimum Gasteiger partial charge on any atom is -0.389 e. The molecule has 0 atom stereocenters. The third kappa shape index (κ3) is 7.91. The number of aliphatic hydroxyl groups is 1. The molecule has 2 aliphatic heterocycles. The van der Waals surface area contributed by atoms with E-state index in [0.717, 1.165) is 28.6 Å². The van der Waals surface area contributed by atoms with Gasteiger partial charge in [0.1, 0.15) is 12.4 Å². The van der Waals surface area contributed by atoms with E-state index in [9.17, 15) is 28.7 Å². The monoisotopic (exact) mass is 613 g/mol. The first-order chi connectivity index (χ1) is 20.4. The van der Waals surface area contributed by atoms with Crippen LogP contribution in [0.25, 0.3) is 5.57 Å². The van der Waals surface area contributed by atoms with Gasteiger partial charge in [0.25, 0.3) is 5.91 Å². The van der Waals surface area contributed by atoms with E-state index in [0.29, 0.717) is 38.9 Å². The summed E-state index contributed by atoms with van der Waals surface area (Å²) in [6.07, 6.45) is 3.49. The molecule has 5 amide bonds. The van der Waals surface area contributed by atoms with Crippen molar-refractivity contribution in [3.05, 3.63) is 70.6 Å². The molecular formula is C31H37ClFN5O5. The maximum absolute atomic E-state index is 14.3. The predicted molar refractivity (Wildman–Crippen MR) is 162 cm³/mol. The number of carbonyl (C=O) groups is 4. The summed E-state index contributed by atoms with van der Waals surface area (Å²) in [4.78, 5) is 57.4. The highest BCUT2D eigenvalue weighted by molar-refractivity contribution is 6.35. The van der Waals surface area contributed by atoms with Gasteiger partial charge in [-0.1, -0.05) is 41.9 Å². The number of benzene rings is 2. The Morgan fingerprint density at radius 3 is 2.51 bits per heavy atom. The summed E-state index contributed by atoms with van der Waals surface area (Å²) >= 11 is 6.20. The van der Waals surface area contributed by atoms with Gasteiger partial charge < -0.3 is 30.0 Å². The Hall–Kier alpha value is -3.96. The van der Waals surface area contributed by atoms with Crippen molar-refractivity contribution in [3.63, 3.8) is 0 Å². The number of nitrogens with one attached hydrogen (secondary N) is 1. The molecule has 1 saturated heterocycles. The van der Waals surface area contributed by atoms with Gasteiger partial charge in [-0.25, -0.2) is 9.18 Å². The van der Waals surface area contributed by atoms with Crippen molar-refractivity contribution in [3.8, 4) is 0 Å². The van der Waals surface area contributed by atoms with Crippen molar-refractivity contribution in [2.24, 2.45) is 0 Å². The zero-order valence-corrected chi connectivity index (χ0v) is 25.3. The largest absolute Gasteiger partial charge is 0.389 e. The van der Waals surface area contributed by atoms with E-state index >= 15 is 0 Å². The van der Waals surface area contributed by atoms with Gasteiger partial charge in [0.05, 0.1) is 16.2 Å². The molecule has 0 aromatic heterocycles. The molecule has 2 aliphatic rings. The summed E-state index contributed by atoms with van der Waals surface area (Å²) in [5, 5.41) is 12.9. The number of fused-ring (bicyclic) bond motifs is 1. The van der Waals surface area contributed by atoms with E-state index in [-0.39, 0.29) is 47.2 Å². The Bertz CT molecular complexity index is 1400. The summed E-state index contributed by atoms with van der Waals surface area (Å²) in [7, 11) is 1.46. The highest BCUT2D eigenvalue weighted by atomic mass is 35.5. The number of hydrogen-bond donors (Lipinski definition) is 2. The van der Waals surface area contributed by atoms with Crippen molar-refractivity contribution in [1.82, 2.24) is 19.6 Å². The number of likely N-dealkylation sites (tertiary alicyclic amines) is 1. The lowest BCUT2D eigenvalue weighted by atomic mass is 10.0. The number of amides is 5. The smallest absolute Gasteiger partial charge is 0.322 e. The van der Waals surface area contributed by atoms with Crippen LogP contribution in [0.15, 0.2) is 48.7 Å². The molecule has 2 aromatic rings. The molecule has 0 radical (unpaired) electrons. The fourth-order valence-electron chi connectivity index (χ4n) is 5.51. The van der Waals surface area contributed by atoms with E-state index in [4.69, 9.17) is 11.6 Å². The van der Waals surface area contributed by atoms with Crippen molar-refractivity contribution >= 4 is 47.1 Å². The number of nitrogens with zero attached hydrogens (tertiary/aromatic N) is 4. The van der Waals surface area contributed by atoms with Crippen molar-refractivity contribution in [1.29, 1.82) is 0 Å². The van der Waals surface area contributed by atoms with Gasteiger partial charge in [-0.05, 0) is 50.8 Å². The molecule has 4 rings (SSSR count). The van der Waals surface area contributed by atoms with Crippen molar-refractivity contribution in [2.75, 3.05) is 45.1 Å². The number of hydrogen-bond acceptors (Lipinski definition) is 5. The average molecular weight is 614 g/mol. The lowest BCUT2D eigenvalue weighted by molar-refractivity contribution is -0.135. The molecule has 12 heteroatoms. The van der Waals surface area contributed by atoms with Crippen LogP contribution in [0, 0.1) is 5.82 Å². The third-order valence-electron chi connectivity index (χ3n) is 7.59. The molecule has 1 fully saturated rings. The van der Waals surface area contributed by atoms with Gasteiger partial charge in [-0.2, -0.15) is 0 Å². The van der Waals surface area contributed by atoms with Crippen LogP contribution in [0.3, 0.4) is 0 Å². The Kier molecular flexibility index (Phi) is 10.1. The van der Waals surface area contributed by atoms with E-state index in [1.54, 1.807) is 4.90 Å². The Morgan fingerprint density at radius 2 is 1.84 bits per heavy atom. The van der Waals surface area contributed by atoms with Crippen LogP contribution in [-0.4, -0.2) is 100 Å². The minimum absolute atomic E-state index is 0.0360. The SMILES string of the molecule is CN(CC(C)(C)O)C(=O)/C(=C\N(C=O)CC(=O)N1CCC(N2CCc3ccccc3NC2=O)CC1)c1cccc(F)c1Cl. The van der Waals surface area contributed by atoms with Crippen LogP contribution in [0.4, 0.5) is 14.9 Å². The second kappa shape index (κ2) is 13.6. The molecule has 0 aliphatic carbocycles. The van der Waals surface area contributed by atoms with Crippen molar-refractivity contribution < 1.29 is 28.7 Å². The summed E-state index contributed by atoms with van der Waals surface area (Å²) < 4.78 is 14.3. The van der Waals surface area contributed by atoms with E-state index in [2.05, 4.69) is 5.32 Å². The zero-order valence-electron chi connectivity index (χ0n) is 24.6. The fraction of sp³-hybridized carbons (Fsp3) is 0.419. The van der Waals surface area contributed by atoms with Crippen LogP contribution in [0.2, 0.25) is 5.02 Å². The quantitative estimate of drug-likeness (QED) is 0.332. The molecule has 43 heavy (non-hydrogen) atoms. The molecule has 0 unspecified atom stereocenters. The number of urea groups is 1. The number of halogens is 2. The minimum atomic E-state index is -1.22. The van der Waals surface area contributed by atoms with Crippen LogP contribution in [0.5, 0.6) is 0 Å². The molecular weight excluding hydrogens is 577 g/mol. The summed E-state index contributed by atoms with van der Waals surface area (Å²) in [5.74, 6) is -1.70. The van der Waals surface area contributed by atoms with E-state index in [1.165, 1.54) is 44.1 Å². The average Bonchev–Trinajstić information content (AvgIpc) is 3.13.